The number of para-hydroxylation sites is 1. The van der Waals surface area contributed by atoms with Gasteiger partial charge in [0.2, 0.25) is 0 Å². The largest absolute Gasteiger partial charge is 0.469 e. The molecule has 100 valence electrons. The van der Waals surface area contributed by atoms with Crippen LogP contribution in [0.5, 0.6) is 0 Å². The molecule has 2 aromatic rings. The summed E-state index contributed by atoms with van der Waals surface area (Å²) in [4.78, 5) is 26.8. The Hall–Kier alpha value is -2.17. The van der Waals surface area contributed by atoms with Gasteiger partial charge in [-0.1, -0.05) is 26.0 Å². The lowest BCUT2D eigenvalue weighted by Crippen LogP contribution is -2.11. The van der Waals surface area contributed by atoms with Gasteiger partial charge in [0.25, 0.3) is 0 Å². The summed E-state index contributed by atoms with van der Waals surface area (Å²) in [5.41, 5.74) is 1.72. The minimum atomic E-state index is -0.645. The molecule has 0 aliphatic carbocycles. The summed E-state index contributed by atoms with van der Waals surface area (Å²) in [6.45, 7) is 3.91. The monoisotopic (exact) mass is 261 g/mol. The fourth-order valence-electron chi connectivity index (χ4n) is 1.98. The zero-order chi connectivity index (χ0) is 14.0. The van der Waals surface area contributed by atoms with Gasteiger partial charge in [-0.25, -0.2) is 4.79 Å². The highest BCUT2D eigenvalue weighted by molar-refractivity contribution is 5.86. The number of nitrogens with zero attached hydrogens (tertiary/aromatic N) is 1. The highest BCUT2D eigenvalue weighted by atomic mass is 16.5. The highest BCUT2D eigenvalue weighted by Crippen LogP contribution is 2.24. The Labute approximate surface area is 110 Å². The quantitative estimate of drug-likeness (QED) is 0.791. The number of methoxy groups -OCH3 is 1. The number of aromatic nitrogens is 1. The van der Waals surface area contributed by atoms with Crippen molar-refractivity contribution < 1.29 is 13.9 Å². The lowest BCUT2D eigenvalue weighted by atomic mass is 10.0. The molecule has 0 spiro atoms. The van der Waals surface area contributed by atoms with Gasteiger partial charge in [0.15, 0.2) is 0 Å². The summed E-state index contributed by atoms with van der Waals surface area (Å²) >= 11 is 0. The van der Waals surface area contributed by atoms with Crippen LogP contribution in [0.2, 0.25) is 0 Å². The number of esters is 1. The molecule has 0 bridgehead atoms. The Bertz CT molecular complexity index is 673. The molecule has 5 heteroatoms. The van der Waals surface area contributed by atoms with Crippen molar-refractivity contribution in [1.82, 2.24) is 4.98 Å². The van der Waals surface area contributed by atoms with E-state index in [4.69, 9.17) is 4.42 Å². The molecule has 1 heterocycles. The van der Waals surface area contributed by atoms with Gasteiger partial charge in [-0.05, 0) is 12.0 Å². The van der Waals surface area contributed by atoms with E-state index in [1.54, 1.807) is 6.07 Å². The summed E-state index contributed by atoms with van der Waals surface area (Å²) < 4.78 is 9.79. The van der Waals surface area contributed by atoms with Crippen molar-refractivity contribution in [2.24, 2.45) is 0 Å². The van der Waals surface area contributed by atoms with E-state index in [0.717, 1.165) is 5.39 Å². The van der Waals surface area contributed by atoms with Crippen LogP contribution in [0.3, 0.4) is 0 Å². The first-order valence-electron chi connectivity index (χ1n) is 6.02. The zero-order valence-corrected chi connectivity index (χ0v) is 11.1. The van der Waals surface area contributed by atoms with Crippen LogP contribution in [-0.4, -0.2) is 18.1 Å². The fraction of sp³-hybridized carbons (Fsp3) is 0.357. The third-order valence-corrected chi connectivity index (χ3v) is 2.88. The number of ether oxygens (including phenoxy) is 1. The van der Waals surface area contributed by atoms with Crippen molar-refractivity contribution in [3.8, 4) is 0 Å². The molecule has 5 nitrogen and oxygen atoms in total. The summed E-state index contributed by atoms with van der Waals surface area (Å²) in [5.74, 6) is -0.924. The van der Waals surface area contributed by atoms with Gasteiger partial charge in [-0.15, -0.1) is 0 Å². The Morgan fingerprint density at radius 1 is 1.42 bits per heavy atom. The molecular formula is C14H15NO4. The Balaban J connectivity index is 2.68. The number of benzene rings is 1. The molecule has 0 N–H and O–H groups in total. The second kappa shape index (κ2) is 5.22. The van der Waals surface area contributed by atoms with Crippen molar-refractivity contribution >= 4 is 16.9 Å². The second-order valence-corrected chi connectivity index (χ2v) is 4.57. The summed E-state index contributed by atoms with van der Waals surface area (Å²) in [7, 11) is 1.32. The highest BCUT2D eigenvalue weighted by Gasteiger charge is 2.15. The lowest BCUT2D eigenvalue weighted by Gasteiger charge is -2.09. The Morgan fingerprint density at radius 3 is 2.79 bits per heavy atom. The molecular weight excluding hydrogens is 246 g/mol. The number of hydrogen-bond acceptors (Lipinski definition) is 5. The molecule has 1 aromatic heterocycles. The smallest absolute Gasteiger partial charge is 0.439 e. The predicted molar refractivity (Wildman–Crippen MR) is 70.1 cm³/mol. The lowest BCUT2D eigenvalue weighted by molar-refractivity contribution is -0.139. The van der Waals surface area contributed by atoms with Gasteiger partial charge in [0.1, 0.15) is 5.58 Å². The predicted octanol–water partition coefficient (Wildman–Crippen LogP) is 2.03. The van der Waals surface area contributed by atoms with E-state index in [0.29, 0.717) is 16.8 Å². The molecule has 0 saturated carbocycles. The molecule has 0 amide bonds. The third-order valence-electron chi connectivity index (χ3n) is 2.88. The molecule has 0 saturated heterocycles. The van der Waals surface area contributed by atoms with Gasteiger partial charge in [0, 0.05) is 10.9 Å². The van der Waals surface area contributed by atoms with Crippen molar-refractivity contribution in [3.05, 3.63) is 40.0 Å². The average molecular weight is 261 g/mol. The van der Waals surface area contributed by atoms with Crippen LogP contribution < -0.4 is 5.76 Å². The van der Waals surface area contributed by atoms with Gasteiger partial charge >= 0.3 is 11.7 Å². The van der Waals surface area contributed by atoms with E-state index in [-0.39, 0.29) is 18.3 Å². The topological polar surface area (TPSA) is 69.4 Å². The summed E-state index contributed by atoms with van der Waals surface area (Å²) in [5, 5.41) is 0.760. The summed E-state index contributed by atoms with van der Waals surface area (Å²) in [6.07, 6.45) is 0.0678. The molecule has 0 fully saturated rings. The van der Waals surface area contributed by atoms with Gasteiger partial charge in [-0.3, -0.25) is 4.79 Å². The molecule has 2 rings (SSSR count). The average Bonchev–Trinajstić information content (AvgIpc) is 2.38. The maximum absolute atomic E-state index is 11.5. The number of hydrogen-bond donors (Lipinski definition) is 0. The first-order valence-corrected chi connectivity index (χ1v) is 6.02. The van der Waals surface area contributed by atoms with Gasteiger partial charge in [-0.2, -0.15) is 4.98 Å². The van der Waals surface area contributed by atoms with E-state index in [1.807, 2.05) is 26.0 Å². The molecule has 0 radical (unpaired) electrons. The van der Waals surface area contributed by atoms with Crippen LogP contribution in [-0.2, 0) is 16.0 Å². The van der Waals surface area contributed by atoms with Crippen molar-refractivity contribution in [2.45, 2.75) is 26.2 Å². The molecule has 19 heavy (non-hydrogen) atoms. The molecule has 1 aromatic carbocycles. The third kappa shape index (κ3) is 2.65. The van der Waals surface area contributed by atoms with E-state index in [2.05, 4.69) is 9.72 Å². The number of fused-ring (bicyclic) bond motifs is 1. The van der Waals surface area contributed by atoms with E-state index in [1.165, 1.54) is 7.11 Å². The normalized spacial score (nSPS) is 10.9. The molecule has 0 unspecified atom stereocenters. The molecule has 0 aliphatic rings. The van der Waals surface area contributed by atoms with Crippen LogP contribution in [0.25, 0.3) is 11.0 Å². The van der Waals surface area contributed by atoms with Crippen molar-refractivity contribution in [1.29, 1.82) is 0 Å². The molecule has 0 aliphatic heterocycles. The Morgan fingerprint density at radius 2 is 2.16 bits per heavy atom. The van der Waals surface area contributed by atoms with E-state index < -0.39 is 5.76 Å². The van der Waals surface area contributed by atoms with Crippen LogP contribution in [0.4, 0.5) is 0 Å². The second-order valence-electron chi connectivity index (χ2n) is 4.57. The van der Waals surface area contributed by atoms with Crippen LogP contribution >= 0.6 is 0 Å². The maximum atomic E-state index is 11.5. The standard InChI is InChI=1S/C14H15NO4/c1-8(2)12-10-6-4-5-9(7-11(16)18-3)13(10)19-14(17)15-12/h4-6,8H,7H2,1-3H3. The van der Waals surface area contributed by atoms with Gasteiger partial charge < -0.3 is 9.15 Å². The zero-order valence-electron chi connectivity index (χ0n) is 11.1. The number of rotatable bonds is 3. The van der Waals surface area contributed by atoms with Gasteiger partial charge in [0.05, 0.1) is 19.2 Å². The Kier molecular flexibility index (Phi) is 3.64. The van der Waals surface area contributed by atoms with E-state index in [9.17, 15) is 9.59 Å². The van der Waals surface area contributed by atoms with E-state index >= 15 is 0 Å². The van der Waals surface area contributed by atoms with Crippen LogP contribution in [0, 0.1) is 0 Å². The van der Waals surface area contributed by atoms with Crippen molar-refractivity contribution in [2.75, 3.05) is 7.11 Å². The minimum Gasteiger partial charge on any atom is -0.469 e. The number of carbonyl (C=O) groups excluding carboxylic acids is 1. The fourth-order valence-corrected chi connectivity index (χ4v) is 1.98. The summed E-state index contributed by atoms with van der Waals surface area (Å²) in [6, 6.07) is 5.39. The minimum absolute atomic E-state index is 0.0678. The first kappa shape index (κ1) is 13.3. The van der Waals surface area contributed by atoms with Crippen LogP contribution in [0.1, 0.15) is 31.0 Å². The maximum Gasteiger partial charge on any atom is 0.439 e. The first-order chi connectivity index (χ1) is 9.02. The SMILES string of the molecule is COC(=O)Cc1cccc2c(C(C)C)nc(=O)oc12. The number of carbonyl (C=O) groups is 1. The molecule has 0 atom stereocenters. The van der Waals surface area contributed by atoms with Crippen LogP contribution in [0.15, 0.2) is 27.4 Å². The van der Waals surface area contributed by atoms with Crippen molar-refractivity contribution in [3.63, 3.8) is 0 Å².